The largest absolute Gasteiger partial charge is 0.493 e. The molecule has 2 aromatic carbocycles. The number of rotatable bonds is 9. The number of hydrogen-bond acceptors (Lipinski definition) is 5. The van der Waals surface area contributed by atoms with Crippen LogP contribution in [-0.4, -0.2) is 45.8 Å². The monoisotopic (exact) mass is 480 g/mol. The Morgan fingerprint density at radius 3 is 2.59 bits per heavy atom. The van der Waals surface area contributed by atoms with Gasteiger partial charge in [0.05, 0.1) is 31.2 Å². The summed E-state index contributed by atoms with van der Waals surface area (Å²) in [7, 11) is 3.09. The number of benzene rings is 2. The first-order chi connectivity index (χ1) is 16.1. The number of alkyl halides is 3. The topological polar surface area (TPSA) is 77.1 Å². The summed E-state index contributed by atoms with van der Waals surface area (Å²) < 4.78 is 55.0. The van der Waals surface area contributed by atoms with Crippen molar-refractivity contribution >= 4 is 17.5 Å². The lowest BCUT2D eigenvalue weighted by atomic mass is 10.0. The second-order valence-corrected chi connectivity index (χ2v) is 7.94. The molecule has 2 unspecified atom stereocenters. The van der Waals surface area contributed by atoms with Crippen LogP contribution in [0.1, 0.15) is 30.5 Å². The van der Waals surface area contributed by atoms with E-state index in [2.05, 4.69) is 5.32 Å². The molecule has 34 heavy (non-hydrogen) atoms. The van der Waals surface area contributed by atoms with E-state index in [0.29, 0.717) is 24.7 Å². The van der Waals surface area contributed by atoms with Crippen molar-refractivity contribution < 1.29 is 37.0 Å². The van der Waals surface area contributed by atoms with Crippen molar-refractivity contribution in [3.05, 3.63) is 53.6 Å². The highest BCUT2D eigenvalue weighted by atomic mass is 19.4. The smallest absolute Gasteiger partial charge is 0.416 e. The zero-order valence-electron chi connectivity index (χ0n) is 19.1. The second kappa shape index (κ2) is 10.8. The van der Waals surface area contributed by atoms with Gasteiger partial charge in [0.15, 0.2) is 11.5 Å². The van der Waals surface area contributed by atoms with Gasteiger partial charge in [-0.1, -0.05) is 12.1 Å². The van der Waals surface area contributed by atoms with Gasteiger partial charge < -0.3 is 24.4 Å². The summed E-state index contributed by atoms with van der Waals surface area (Å²) in [5.74, 6) is -0.384. The van der Waals surface area contributed by atoms with E-state index in [1.54, 1.807) is 32.2 Å². The number of carbonyl (C=O) groups excluding carboxylic acids is 2. The third kappa shape index (κ3) is 5.99. The van der Waals surface area contributed by atoms with E-state index in [1.807, 2.05) is 0 Å². The Morgan fingerprint density at radius 1 is 1.15 bits per heavy atom. The van der Waals surface area contributed by atoms with Gasteiger partial charge in [-0.3, -0.25) is 9.59 Å². The fraction of sp³-hybridized carbons (Fsp3) is 0.417. The molecule has 0 bridgehead atoms. The summed E-state index contributed by atoms with van der Waals surface area (Å²) >= 11 is 0. The van der Waals surface area contributed by atoms with E-state index < -0.39 is 29.6 Å². The third-order valence-corrected chi connectivity index (χ3v) is 5.57. The number of ether oxygens (including phenoxy) is 3. The molecule has 2 amide bonds. The summed E-state index contributed by atoms with van der Waals surface area (Å²) in [6.45, 7) is 2.58. The maximum Gasteiger partial charge on any atom is 0.416 e. The molecule has 1 saturated heterocycles. The van der Waals surface area contributed by atoms with E-state index in [4.69, 9.17) is 14.2 Å². The minimum absolute atomic E-state index is 0.00823. The summed E-state index contributed by atoms with van der Waals surface area (Å²) in [6.07, 6.45) is -4.60. The van der Waals surface area contributed by atoms with Gasteiger partial charge in [-0.05, 0) is 42.8 Å². The zero-order chi connectivity index (χ0) is 24.9. The predicted octanol–water partition coefficient (Wildman–Crippen LogP) is 3.97. The predicted molar refractivity (Wildman–Crippen MR) is 119 cm³/mol. The molecule has 1 aliphatic rings. The van der Waals surface area contributed by atoms with E-state index >= 15 is 0 Å². The van der Waals surface area contributed by atoms with Gasteiger partial charge in [0.1, 0.15) is 6.61 Å². The number of anilines is 1. The van der Waals surface area contributed by atoms with Gasteiger partial charge in [0.2, 0.25) is 11.8 Å². The summed E-state index contributed by atoms with van der Waals surface area (Å²) in [4.78, 5) is 26.5. The molecule has 0 aromatic heterocycles. The van der Waals surface area contributed by atoms with Crippen LogP contribution in [0.5, 0.6) is 11.5 Å². The molecule has 1 fully saturated rings. The van der Waals surface area contributed by atoms with Crippen LogP contribution in [0.3, 0.4) is 0 Å². The molecule has 0 spiro atoms. The number of nitrogens with zero attached hydrogens (tertiary/aromatic N) is 1. The first-order valence-corrected chi connectivity index (χ1v) is 10.7. The van der Waals surface area contributed by atoms with Gasteiger partial charge >= 0.3 is 6.18 Å². The van der Waals surface area contributed by atoms with Gasteiger partial charge in [-0.2, -0.15) is 13.2 Å². The lowest BCUT2D eigenvalue weighted by molar-refractivity contribution is -0.137. The molecule has 2 aromatic rings. The van der Waals surface area contributed by atoms with Crippen molar-refractivity contribution in [3.63, 3.8) is 0 Å². The van der Waals surface area contributed by atoms with Crippen LogP contribution in [-0.2, 0) is 20.5 Å². The highest BCUT2D eigenvalue weighted by molar-refractivity contribution is 6.00. The van der Waals surface area contributed by atoms with Crippen LogP contribution < -0.4 is 19.7 Å². The van der Waals surface area contributed by atoms with E-state index in [1.165, 1.54) is 24.1 Å². The molecular formula is C24H27F3N2O5. The number of nitrogens with one attached hydrogen (secondary N) is 1. The molecule has 184 valence electrons. The Bertz CT molecular complexity index is 1030. The molecule has 3 rings (SSSR count). The maximum atomic E-state index is 13.0. The van der Waals surface area contributed by atoms with Gasteiger partial charge in [-0.25, -0.2) is 0 Å². The van der Waals surface area contributed by atoms with Crippen molar-refractivity contribution in [1.82, 2.24) is 5.32 Å². The first-order valence-electron chi connectivity index (χ1n) is 10.7. The summed E-state index contributed by atoms with van der Waals surface area (Å²) in [6, 6.07) is 9.43. The number of carbonyl (C=O) groups is 2. The van der Waals surface area contributed by atoms with E-state index in [9.17, 15) is 22.8 Å². The molecule has 1 aliphatic heterocycles. The summed E-state index contributed by atoms with van der Waals surface area (Å²) in [5, 5.41) is 2.88. The quantitative estimate of drug-likeness (QED) is 0.550. The lowest BCUT2D eigenvalue weighted by Gasteiger charge is -2.20. The maximum absolute atomic E-state index is 13.0. The van der Waals surface area contributed by atoms with Crippen LogP contribution in [0.25, 0.3) is 0 Å². The fourth-order valence-corrected chi connectivity index (χ4v) is 3.71. The average Bonchev–Trinajstić information content (AvgIpc) is 3.20. The average molecular weight is 480 g/mol. The second-order valence-electron chi connectivity index (χ2n) is 7.94. The number of methoxy groups -OCH3 is 2. The minimum Gasteiger partial charge on any atom is -0.493 e. The molecule has 0 radical (unpaired) electrons. The first kappa shape index (κ1) is 25.4. The zero-order valence-corrected chi connectivity index (χ0v) is 19.1. The number of amides is 2. The molecular weight excluding hydrogens is 453 g/mol. The Hall–Kier alpha value is -3.27. The van der Waals surface area contributed by atoms with Crippen molar-refractivity contribution in [2.24, 2.45) is 5.92 Å². The van der Waals surface area contributed by atoms with Crippen LogP contribution in [0.4, 0.5) is 18.9 Å². The Morgan fingerprint density at radius 2 is 1.91 bits per heavy atom. The molecule has 7 nitrogen and oxygen atoms in total. The molecule has 0 aliphatic carbocycles. The normalized spacial score (nSPS) is 16.9. The van der Waals surface area contributed by atoms with E-state index in [-0.39, 0.29) is 24.6 Å². The minimum atomic E-state index is -4.52. The summed E-state index contributed by atoms with van der Waals surface area (Å²) in [5.41, 5.74) is 0.0447. The highest BCUT2D eigenvalue weighted by Crippen LogP contribution is 2.34. The van der Waals surface area contributed by atoms with Crippen molar-refractivity contribution in [3.8, 4) is 11.5 Å². The van der Waals surface area contributed by atoms with Gasteiger partial charge in [-0.15, -0.1) is 0 Å². The van der Waals surface area contributed by atoms with Crippen LogP contribution in [0.15, 0.2) is 42.5 Å². The molecule has 10 heteroatoms. The molecule has 1 heterocycles. The van der Waals surface area contributed by atoms with Gasteiger partial charge in [0, 0.05) is 25.8 Å². The van der Waals surface area contributed by atoms with Crippen molar-refractivity contribution in [2.75, 3.05) is 38.9 Å². The molecule has 1 N–H and O–H groups in total. The van der Waals surface area contributed by atoms with Crippen LogP contribution in [0.2, 0.25) is 0 Å². The van der Waals surface area contributed by atoms with Crippen LogP contribution in [0, 0.1) is 5.92 Å². The van der Waals surface area contributed by atoms with Crippen molar-refractivity contribution in [2.45, 2.75) is 25.6 Å². The Balaban J connectivity index is 1.65. The van der Waals surface area contributed by atoms with Crippen molar-refractivity contribution in [1.29, 1.82) is 0 Å². The van der Waals surface area contributed by atoms with E-state index in [0.717, 1.165) is 17.7 Å². The number of halogens is 3. The third-order valence-electron chi connectivity index (χ3n) is 5.57. The fourth-order valence-electron chi connectivity index (χ4n) is 3.71. The van der Waals surface area contributed by atoms with Crippen LogP contribution >= 0.6 is 0 Å². The standard InChI is InChI=1S/C24H27F3N2O5/c1-15(16-7-8-20(21(11-16)33-3)34-10-9-32-2)28-23(31)17-12-22(30)29(14-17)19-6-4-5-18(13-19)24(25,26)27/h4-8,11,13,15,17H,9-10,12,14H2,1-3H3,(H,28,31). The Labute approximate surface area is 195 Å². The van der Waals surface area contributed by atoms with Gasteiger partial charge in [0.25, 0.3) is 0 Å². The molecule has 0 saturated carbocycles. The Kier molecular flexibility index (Phi) is 8.03. The lowest BCUT2D eigenvalue weighted by Crippen LogP contribution is -2.34. The highest BCUT2D eigenvalue weighted by Gasteiger charge is 2.37. The number of hydrogen-bond donors (Lipinski definition) is 1. The molecule has 2 atom stereocenters. The SMILES string of the molecule is COCCOc1ccc(C(C)NC(=O)C2CC(=O)N(c3cccc(C(F)(F)F)c3)C2)cc1OC.